The van der Waals surface area contributed by atoms with Crippen LogP contribution < -0.4 is 16.1 Å². The zero-order valence-corrected chi connectivity index (χ0v) is 10.3. The Bertz CT molecular complexity index is 580. The maximum Gasteiger partial charge on any atom is 0.342 e. The van der Waals surface area contributed by atoms with Crippen LogP contribution in [0.5, 0.6) is 0 Å². The van der Waals surface area contributed by atoms with Crippen LogP contribution in [0.2, 0.25) is 0 Å². The van der Waals surface area contributed by atoms with Crippen LogP contribution in [0.25, 0.3) is 0 Å². The van der Waals surface area contributed by atoms with Gasteiger partial charge in [-0.15, -0.1) is 5.10 Å². The number of aromatic amines is 2. The molecule has 9 nitrogen and oxygen atoms in total. The first-order valence-electron chi connectivity index (χ1n) is 5.80. The Morgan fingerprint density at radius 3 is 2.84 bits per heavy atom. The SMILES string of the molecule is CCN(c1n[nH]c(=O)[nH]c1=O)C1COCC1C(=O)O. The van der Waals surface area contributed by atoms with Crippen LogP contribution >= 0.6 is 0 Å². The van der Waals surface area contributed by atoms with Crippen LogP contribution in [0.4, 0.5) is 5.82 Å². The fourth-order valence-electron chi connectivity index (χ4n) is 2.16. The van der Waals surface area contributed by atoms with E-state index in [2.05, 4.69) is 15.2 Å². The minimum atomic E-state index is -0.984. The maximum atomic E-state index is 11.7. The van der Waals surface area contributed by atoms with E-state index >= 15 is 0 Å². The van der Waals surface area contributed by atoms with Gasteiger partial charge in [0, 0.05) is 6.54 Å². The molecule has 0 saturated carbocycles. The summed E-state index contributed by atoms with van der Waals surface area (Å²) in [5.74, 6) is -1.72. The van der Waals surface area contributed by atoms with Gasteiger partial charge in [-0.1, -0.05) is 0 Å². The average Bonchev–Trinajstić information content (AvgIpc) is 2.82. The van der Waals surface area contributed by atoms with Crippen molar-refractivity contribution in [3.05, 3.63) is 20.8 Å². The van der Waals surface area contributed by atoms with Gasteiger partial charge in [0.05, 0.1) is 19.3 Å². The summed E-state index contributed by atoms with van der Waals surface area (Å²) in [6, 6.07) is -0.484. The minimum absolute atomic E-state index is 0.0103. The Morgan fingerprint density at radius 1 is 1.53 bits per heavy atom. The standard InChI is InChI=1S/C10H14N4O5/c1-2-14(6-4-19-3-5(6)9(16)17)7-8(15)11-10(18)13-12-7/h5-6H,2-4H2,1H3,(H,16,17)(H2,11,13,15,18). The van der Waals surface area contributed by atoms with Crippen LogP contribution in [0, 0.1) is 5.92 Å². The lowest BCUT2D eigenvalue weighted by Gasteiger charge is -2.28. The van der Waals surface area contributed by atoms with Crippen LogP contribution in [0.15, 0.2) is 9.59 Å². The van der Waals surface area contributed by atoms with Crippen molar-refractivity contribution in [3.8, 4) is 0 Å². The molecule has 2 heterocycles. The third kappa shape index (κ3) is 2.50. The summed E-state index contributed by atoms with van der Waals surface area (Å²) in [7, 11) is 0. The number of nitrogens with one attached hydrogen (secondary N) is 2. The largest absolute Gasteiger partial charge is 0.481 e. The molecule has 1 aliphatic heterocycles. The average molecular weight is 270 g/mol. The molecule has 1 aliphatic rings. The molecule has 19 heavy (non-hydrogen) atoms. The summed E-state index contributed by atoms with van der Waals surface area (Å²) >= 11 is 0. The normalized spacial score (nSPS) is 22.4. The molecule has 9 heteroatoms. The topological polar surface area (TPSA) is 128 Å². The molecule has 0 aliphatic carbocycles. The van der Waals surface area contributed by atoms with E-state index in [1.54, 1.807) is 6.92 Å². The molecule has 1 fully saturated rings. The van der Waals surface area contributed by atoms with E-state index in [1.165, 1.54) is 4.90 Å². The molecule has 0 radical (unpaired) electrons. The van der Waals surface area contributed by atoms with Gasteiger partial charge in [0.2, 0.25) is 5.82 Å². The summed E-state index contributed by atoms with van der Waals surface area (Å²) in [5, 5.41) is 14.9. The number of carboxylic acids is 1. The second kappa shape index (κ2) is 5.22. The quantitative estimate of drug-likeness (QED) is 0.600. The molecule has 0 aromatic carbocycles. The van der Waals surface area contributed by atoms with E-state index < -0.39 is 29.2 Å². The molecule has 0 amide bonds. The van der Waals surface area contributed by atoms with Crippen molar-refractivity contribution in [2.45, 2.75) is 13.0 Å². The number of rotatable bonds is 4. The Morgan fingerprint density at radius 2 is 2.26 bits per heavy atom. The van der Waals surface area contributed by atoms with Gasteiger partial charge in [0.25, 0.3) is 5.56 Å². The highest BCUT2D eigenvalue weighted by Gasteiger charge is 2.38. The van der Waals surface area contributed by atoms with E-state index in [4.69, 9.17) is 9.84 Å². The van der Waals surface area contributed by atoms with E-state index in [0.717, 1.165) is 0 Å². The number of carboxylic acid groups (broad SMARTS) is 1. The van der Waals surface area contributed by atoms with Crippen molar-refractivity contribution in [1.29, 1.82) is 0 Å². The number of carbonyl (C=O) groups is 1. The Labute approximate surface area is 107 Å². The molecule has 0 bridgehead atoms. The van der Waals surface area contributed by atoms with E-state index in [0.29, 0.717) is 6.54 Å². The van der Waals surface area contributed by atoms with Crippen LogP contribution in [0.3, 0.4) is 0 Å². The summed E-state index contributed by atoms with van der Waals surface area (Å²) in [6.45, 7) is 2.44. The van der Waals surface area contributed by atoms with Gasteiger partial charge < -0.3 is 14.7 Å². The third-order valence-electron chi connectivity index (χ3n) is 3.07. The van der Waals surface area contributed by atoms with Gasteiger partial charge in [-0.2, -0.15) is 0 Å². The summed E-state index contributed by atoms with van der Waals surface area (Å²) in [4.78, 5) is 37.4. The second-order valence-electron chi connectivity index (χ2n) is 4.17. The molecule has 2 atom stereocenters. The molecule has 0 spiro atoms. The number of hydrogen-bond donors (Lipinski definition) is 3. The van der Waals surface area contributed by atoms with Crippen molar-refractivity contribution in [3.63, 3.8) is 0 Å². The van der Waals surface area contributed by atoms with Crippen molar-refractivity contribution in [1.82, 2.24) is 15.2 Å². The lowest BCUT2D eigenvalue weighted by Crippen LogP contribution is -2.46. The maximum absolute atomic E-state index is 11.7. The van der Waals surface area contributed by atoms with E-state index in [1.807, 2.05) is 0 Å². The molecule has 1 aromatic heterocycles. The van der Waals surface area contributed by atoms with Gasteiger partial charge >= 0.3 is 11.7 Å². The molecular formula is C10H14N4O5. The summed E-state index contributed by atoms with van der Waals surface area (Å²) in [5.41, 5.74) is -1.36. The van der Waals surface area contributed by atoms with Gasteiger partial charge in [-0.25, -0.2) is 9.89 Å². The first-order chi connectivity index (χ1) is 9.04. The molecule has 1 saturated heterocycles. The highest BCUT2D eigenvalue weighted by molar-refractivity contribution is 5.72. The lowest BCUT2D eigenvalue weighted by molar-refractivity contribution is -0.141. The highest BCUT2D eigenvalue weighted by atomic mass is 16.5. The monoisotopic (exact) mass is 270 g/mol. The van der Waals surface area contributed by atoms with Gasteiger partial charge in [0.15, 0.2) is 0 Å². The number of ether oxygens (including phenoxy) is 1. The van der Waals surface area contributed by atoms with Crippen molar-refractivity contribution in [2.24, 2.45) is 5.92 Å². The Kier molecular flexibility index (Phi) is 3.65. The third-order valence-corrected chi connectivity index (χ3v) is 3.07. The van der Waals surface area contributed by atoms with E-state index in [9.17, 15) is 14.4 Å². The van der Waals surface area contributed by atoms with E-state index in [-0.39, 0.29) is 19.0 Å². The molecule has 2 rings (SSSR count). The van der Waals surface area contributed by atoms with Crippen LogP contribution in [0.1, 0.15) is 6.92 Å². The number of aliphatic carboxylic acids is 1. The lowest BCUT2D eigenvalue weighted by atomic mass is 10.0. The highest BCUT2D eigenvalue weighted by Crippen LogP contribution is 2.22. The van der Waals surface area contributed by atoms with Gasteiger partial charge in [-0.05, 0) is 6.92 Å². The smallest absolute Gasteiger partial charge is 0.342 e. The first-order valence-corrected chi connectivity index (χ1v) is 5.80. The van der Waals surface area contributed by atoms with Crippen molar-refractivity contribution < 1.29 is 14.6 Å². The summed E-state index contributed by atoms with van der Waals surface area (Å²) in [6.07, 6.45) is 0. The van der Waals surface area contributed by atoms with Gasteiger partial charge in [0.1, 0.15) is 5.92 Å². The number of anilines is 1. The van der Waals surface area contributed by atoms with Crippen molar-refractivity contribution in [2.75, 3.05) is 24.7 Å². The first kappa shape index (κ1) is 13.3. The summed E-state index contributed by atoms with van der Waals surface area (Å²) < 4.78 is 5.16. The van der Waals surface area contributed by atoms with Crippen LogP contribution in [-0.2, 0) is 9.53 Å². The minimum Gasteiger partial charge on any atom is -0.481 e. The van der Waals surface area contributed by atoms with Crippen molar-refractivity contribution >= 4 is 11.8 Å². The predicted octanol–water partition coefficient (Wildman–Crippen LogP) is -1.62. The zero-order chi connectivity index (χ0) is 14.0. The molecule has 2 unspecified atom stereocenters. The molecule has 104 valence electrons. The zero-order valence-electron chi connectivity index (χ0n) is 10.3. The fraction of sp³-hybridized carbons (Fsp3) is 0.600. The predicted molar refractivity (Wildman–Crippen MR) is 64.2 cm³/mol. The molecule has 3 N–H and O–H groups in total. The molecule has 1 aromatic rings. The number of aromatic nitrogens is 3. The number of H-pyrrole nitrogens is 2. The Hall–Kier alpha value is -2.16. The second-order valence-corrected chi connectivity index (χ2v) is 4.17. The Balaban J connectivity index is 2.36. The fourth-order valence-corrected chi connectivity index (χ4v) is 2.16. The molecular weight excluding hydrogens is 256 g/mol. The number of hydrogen-bond acceptors (Lipinski definition) is 6. The van der Waals surface area contributed by atoms with Gasteiger partial charge in [-0.3, -0.25) is 14.6 Å². The van der Waals surface area contributed by atoms with Crippen LogP contribution in [-0.4, -0.2) is 52.1 Å². The number of likely N-dealkylation sites (N-methyl/N-ethyl adjacent to an activating group) is 1. The number of nitrogens with zero attached hydrogens (tertiary/aromatic N) is 2.